The molecule has 5 heteroatoms. The molecule has 0 bridgehead atoms. The lowest BCUT2D eigenvalue weighted by Crippen LogP contribution is -2.35. The molecule has 1 aliphatic heterocycles. The average Bonchev–Trinajstić information content (AvgIpc) is 3.11. The van der Waals surface area contributed by atoms with Crippen molar-refractivity contribution in [1.82, 2.24) is 10.2 Å². The van der Waals surface area contributed by atoms with Crippen LogP contribution >= 0.6 is 0 Å². The first-order chi connectivity index (χ1) is 13.2. The van der Waals surface area contributed by atoms with E-state index in [4.69, 9.17) is 14.2 Å². The van der Waals surface area contributed by atoms with Crippen molar-refractivity contribution in [2.24, 2.45) is 0 Å². The highest BCUT2D eigenvalue weighted by molar-refractivity contribution is 5.54. The lowest BCUT2D eigenvalue weighted by Gasteiger charge is -2.20. The van der Waals surface area contributed by atoms with Crippen LogP contribution in [0.25, 0.3) is 0 Å². The van der Waals surface area contributed by atoms with Gasteiger partial charge in [-0.2, -0.15) is 0 Å². The largest absolute Gasteiger partial charge is 0.493 e. The predicted octanol–water partition coefficient (Wildman–Crippen LogP) is 3.47. The van der Waals surface area contributed by atoms with Gasteiger partial charge < -0.3 is 24.4 Å². The van der Waals surface area contributed by atoms with Crippen LogP contribution in [0.4, 0.5) is 0 Å². The van der Waals surface area contributed by atoms with E-state index in [-0.39, 0.29) is 0 Å². The van der Waals surface area contributed by atoms with Crippen LogP contribution in [0.5, 0.6) is 17.2 Å². The van der Waals surface area contributed by atoms with E-state index in [0.29, 0.717) is 29.9 Å². The number of nitrogens with zero attached hydrogens (tertiary/aromatic N) is 1. The smallest absolute Gasteiger partial charge is 0.203 e. The molecule has 1 heterocycles. The van der Waals surface area contributed by atoms with Crippen molar-refractivity contribution in [3.05, 3.63) is 53.6 Å². The Morgan fingerprint density at radius 1 is 1.04 bits per heavy atom. The summed E-state index contributed by atoms with van der Waals surface area (Å²) in [4.78, 5) is 2.43. The monoisotopic (exact) mass is 370 g/mol. The Balaban J connectivity index is 1.65. The molecule has 0 saturated carbocycles. The maximum Gasteiger partial charge on any atom is 0.203 e. The van der Waals surface area contributed by atoms with E-state index < -0.39 is 0 Å². The van der Waals surface area contributed by atoms with Crippen molar-refractivity contribution < 1.29 is 14.2 Å². The topological polar surface area (TPSA) is 43.0 Å². The number of hydrogen-bond donors (Lipinski definition) is 1. The summed E-state index contributed by atoms with van der Waals surface area (Å²) in [7, 11) is 5.52. The lowest BCUT2D eigenvalue weighted by molar-refractivity contribution is 0.265. The molecule has 3 rings (SSSR count). The number of likely N-dealkylation sites (tertiary alicyclic amines) is 1. The van der Waals surface area contributed by atoms with Crippen molar-refractivity contribution in [3.63, 3.8) is 0 Å². The van der Waals surface area contributed by atoms with Crippen LogP contribution in [-0.2, 0) is 13.2 Å². The molecule has 0 aliphatic carbocycles. The number of benzene rings is 2. The maximum absolute atomic E-state index is 6.01. The molecule has 27 heavy (non-hydrogen) atoms. The number of likely N-dealkylation sites (N-methyl/N-ethyl adjacent to an activating group) is 1. The van der Waals surface area contributed by atoms with E-state index in [2.05, 4.69) is 17.3 Å². The third kappa shape index (κ3) is 5.15. The second-order valence-electron chi connectivity index (χ2n) is 7.01. The molecule has 1 N–H and O–H groups in total. The molecule has 1 saturated heterocycles. The average molecular weight is 370 g/mol. The lowest BCUT2D eigenvalue weighted by atomic mass is 10.1. The Labute approximate surface area is 162 Å². The summed E-state index contributed by atoms with van der Waals surface area (Å²) >= 11 is 0. The fraction of sp³-hybridized carbons (Fsp3) is 0.455. The van der Waals surface area contributed by atoms with E-state index in [0.717, 1.165) is 24.2 Å². The second kappa shape index (κ2) is 9.62. The number of rotatable bonds is 9. The molecule has 2 aromatic carbocycles. The second-order valence-corrected chi connectivity index (χ2v) is 7.01. The minimum atomic E-state index is 0.471. The maximum atomic E-state index is 6.01. The summed E-state index contributed by atoms with van der Waals surface area (Å²) in [6.07, 6.45) is 2.56. The van der Waals surface area contributed by atoms with Crippen LogP contribution in [0.3, 0.4) is 0 Å². The van der Waals surface area contributed by atoms with Crippen molar-refractivity contribution in [2.45, 2.75) is 32.0 Å². The normalized spacial score (nSPS) is 17.1. The fourth-order valence-electron chi connectivity index (χ4n) is 3.53. The molecule has 0 radical (unpaired) electrons. The summed E-state index contributed by atoms with van der Waals surface area (Å²) in [5.74, 6) is 2.03. The van der Waals surface area contributed by atoms with Gasteiger partial charge in [0.15, 0.2) is 11.5 Å². The third-order valence-corrected chi connectivity index (χ3v) is 5.13. The third-order valence-electron chi connectivity index (χ3n) is 5.13. The SMILES string of the molecule is COc1cc(CNCC2CCCN2C)cc(OC)c1OCc1ccccc1. The molecule has 1 aliphatic rings. The Bertz CT molecular complexity index is 696. The fourth-order valence-corrected chi connectivity index (χ4v) is 3.53. The quantitative estimate of drug-likeness (QED) is 0.732. The summed E-state index contributed by atoms with van der Waals surface area (Å²) in [5, 5.41) is 3.56. The molecular formula is C22H30N2O3. The first-order valence-electron chi connectivity index (χ1n) is 9.54. The Morgan fingerprint density at radius 2 is 1.74 bits per heavy atom. The minimum absolute atomic E-state index is 0.471. The molecular weight excluding hydrogens is 340 g/mol. The van der Waals surface area contributed by atoms with Gasteiger partial charge in [-0.1, -0.05) is 30.3 Å². The Morgan fingerprint density at radius 3 is 2.33 bits per heavy atom. The van der Waals surface area contributed by atoms with E-state index >= 15 is 0 Å². The molecule has 1 fully saturated rings. The van der Waals surface area contributed by atoms with E-state index in [1.165, 1.54) is 19.4 Å². The van der Waals surface area contributed by atoms with Gasteiger partial charge in [0.1, 0.15) is 6.61 Å². The van der Waals surface area contributed by atoms with Crippen LogP contribution in [0.2, 0.25) is 0 Å². The van der Waals surface area contributed by atoms with Crippen LogP contribution in [0, 0.1) is 0 Å². The predicted molar refractivity (Wildman–Crippen MR) is 108 cm³/mol. The van der Waals surface area contributed by atoms with Crippen molar-refractivity contribution >= 4 is 0 Å². The van der Waals surface area contributed by atoms with Gasteiger partial charge in [0, 0.05) is 19.1 Å². The zero-order valence-electron chi connectivity index (χ0n) is 16.5. The first-order valence-corrected chi connectivity index (χ1v) is 9.54. The highest BCUT2D eigenvalue weighted by Crippen LogP contribution is 2.39. The van der Waals surface area contributed by atoms with Gasteiger partial charge in [-0.05, 0) is 49.7 Å². The van der Waals surface area contributed by atoms with Gasteiger partial charge in [0.25, 0.3) is 0 Å². The zero-order valence-corrected chi connectivity index (χ0v) is 16.5. The molecule has 2 aromatic rings. The van der Waals surface area contributed by atoms with Gasteiger partial charge in [-0.15, -0.1) is 0 Å². The van der Waals surface area contributed by atoms with Crippen molar-refractivity contribution in [3.8, 4) is 17.2 Å². The number of methoxy groups -OCH3 is 2. The van der Waals surface area contributed by atoms with Crippen LogP contribution in [-0.4, -0.2) is 45.3 Å². The van der Waals surface area contributed by atoms with Crippen LogP contribution < -0.4 is 19.5 Å². The Hall–Kier alpha value is -2.24. The zero-order chi connectivity index (χ0) is 19.1. The molecule has 0 aromatic heterocycles. The first kappa shape index (κ1) is 19.5. The standard InChI is InChI=1S/C22H30N2O3/c1-24-11-7-10-19(24)15-23-14-18-12-20(25-2)22(21(13-18)26-3)27-16-17-8-5-4-6-9-17/h4-6,8-9,12-13,19,23H,7,10-11,14-16H2,1-3H3. The summed E-state index contributed by atoms with van der Waals surface area (Å²) in [6, 6.07) is 14.8. The number of hydrogen-bond acceptors (Lipinski definition) is 5. The van der Waals surface area contributed by atoms with Crippen LogP contribution in [0.15, 0.2) is 42.5 Å². The van der Waals surface area contributed by atoms with Gasteiger partial charge in [-0.25, -0.2) is 0 Å². The molecule has 146 valence electrons. The molecule has 0 amide bonds. The highest BCUT2D eigenvalue weighted by atomic mass is 16.5. The summed E-state index contributed by atoms with van der Waals surface area (Å²) in [6.45, 7) is 3.43. The number of nitrogens with one attached hydrogen (secondary N) is 1. The van der Waals surface area contributed by atoms with Crippen LogP contribution in [0.1, 0.15) is 24.0 Å². The van der Waals surface area contributed by atoms with Gasteiger partial charge in [-0.3, -0.25) is 0 Å². The van der Waals surface area contributed by atoms with E-state index in [1.54, 1.807) is 14.2 Å². The number of ether oxygens (including phenoxy) is 3. The van der Waals surface area contributed by atoms with Gasteiger partial charge >= 0.3 is 0 Å². The van der Waals surface area contributed by atoms with Crippen molar-refractivity contribution in [2.75, 3.05) is 34.4 Å². The molecule has 0 spiro atoms. The minimum Gasteiger partial charge on any atom is -0.493 e. The Kier molecular flexibility index (Phi) is 6.96. The molecule has 1 unspecified atom stereocenters. The summed E-state index contributed by atoms with van der Waals surface area (Å²) in [5.41, 5.74) is 2.23. The van der Waals surface area contributed by atoms with Gasteiger partial charge in [0.2, 0.25) is 5.75 Å². The highest BCUT2D eigenvalue weighted by Gasteiger charge is 2.20. The molecule has 5 nitrogen and oxygen atoms in total. The van der Waals surface area contributed by atoms with Crippen molar-refractivity contribution in [1.29, 1.82) is 0 Å². The van der Waals surface area contributed by atoms with E-state index in [9.17, 15) is 0 Å². The summed E-state index contributed by atoms with van der Waals surface area (Å²) < 4.78 is 17.2. The van der Waals surface area contributed by atoms with Gasteiger partial charge in [0.05, 0.1) is 14.2 Å². The molecule has 1 atom stereocenters. The van der Waals surface area contributed by atoms with E-state index in [1.807, 2.05) is 42.5 Å².